The Morgan fingerprint density at radius 1 is 1.29 bits per heavy atom. The van der Waals surface area contributed by atoms with Gasteiger partial charge in [0, 0.05) is 7.05 Å². The van der Waals surface area contributed by atoms with Crippen molar-refractivity contribution in [3.8, 4) is 0 Å². The van der Waals surface area contributed by atoms with Gasteiger partial charge in [-0.05, 0) is 35.7 Å². The van der Waals surface area contributed by atoms with E-state index >= 15 is 0 Å². The highest BCUT2D eigenvalue weighted by Crippen LogP contribution is 2.14. The monoisotopic (exact) mass is 189 g/mol. The van der Waals surface area contributed by atoms with Gasteiger partial charge in [0.2, 0.25) is 0 Å². The third-order valence-corrected chi connectivity index (χ3v) is 2.11. The Morgan fingerprint density at radius 2 is 2.00 bits per heavy atom. The van der Waals surface area contributed by atoms with Gasteiger partial charge in [-0.3, -0.25) is 0 Å². The van der Waals surface area contributed by atoms with Crippen molar-refractivity contribution in [1.29, 1.82) is 0 Å². The summed E-state index contributed by atoms with van der Waals surface area (Å²) in [5.41, 5.74) is 2.74. The van der Waals surface area contributed by atoms with Crippen LogP contribution in [0.2, 0.25) is 0 Å². The van der Waals surface area contributed by atoms with Crippen LogP contribution in [-0.2, 0) is 6.42 Å². The minimum atomic E-state index is 0.708. The van der Waals surface area contributed by atoms with Crippen molar-refractivity contribution in [1.82, 2.24) is 5.32 Å². The first-order valence-electron chi connectivity index (χ1n) is 5.15. The van der Waals surface area contributed by atoms with E-state index in [1.54, 1.807) is 0 Å². The number of nitrogens with one attached hydrogen (secondary N) is 1. The van der Waals surface area contributed by atoms with Crippen LogP contribution >= 0.6 is 0 Å². The average Bonchev–Trinajstić information content (AvgIpc) is 2.16. The molecule has 0 unspecified atom stereocenters. The van der Waals surface area contributed by atoms with Crippen molar-refractivity contribution in [3.63, 3.8) is 0 Å². The van der Waals surface area contributed by atoms with Crippen molar-refractivity contribution in [2.45, 2.75) is 20.3 Å². The quantitative estimate of drug-likeness (QED) is 0.767. The second kappa shape index (κ2) is 5.48. The van der Waals surface area contributed by atoms with Crippen LogP contribution in [0, 0.1) is 5.92 Å². The molecule has 76 valence electrons. The molecule has 0 fully saturated rings. The van der Waals surface area contributed by atoms with Crippen molar-refractivity contribution in [3.05, 3.63) is 41.6 Å². The SMILES string of the molecule is CN/C=C\c1ccccc1CC(C)C. The molecule has 1 heteroatoms. The summed E-state index contributed by atoms with van der Waals surface area (Å²) in [6.07, 6.45) is 5.24. The maximum atomic E-state index is 3.02. The fourth-order valence-corrected chi connectivity index (χ4v) is 1.50. The molecule has 1 rings (SSSR count). The zero-order valence-corrected chi connectivity index (χ0v) is 9.25. The van der Waals surface area contributed by atoms with Crippen LogP contribution in [0.1, 0.15) is 25.0 Å². The lowest BCUT2D eigenvalue weighted by atomic mass is 9.98. The lowest BCUT2D eigenvalue weighted by Crippen LogP contribution is -1.97. The fraction of sp³-hybridized carbons (Fsp3) is 0.385. The molecule has 0 saturated heterocycles. The molecule has 0 heterocycles. The van der Waals surface area contributed by atoms with Gasteiger partial charge in [-0.1, -0.05) is 38.1 Å². The molecule has 1 aromatic carbocycles. The van der Waals surface area contributed by atoms with Crippen LogP contribution in [0.5, 0.6) is 0 Å². The molecule has 1 aromatic rings. The van der Waals surface area contributed by atoms with Gasteiger partial charge in [-0.25, -0.2) is 0 Å². The fourth-order valence-electron chi connectivity index (χ4n) is 1.50. The molecule has 0 bridgehead atoms. The van der Waals surface area contributed by atoms with Crippen molar-refractivity contribution in [2.24, 2.45) is 5.92 Å². The van der Waals surface area contributed by atoms with Gasteiger partial charge in [-0.2, -0.15) is 0 Å². The van der Waals surface area contributed by atoms with E-state index in [0.717, 1.165) is 6.42 Å². The molecule has 1 nitrogen and oxygen atoms in total. The van der Waals surface area contributed by atoms with Crippen molar-refractivity contribution < 1.29 is 0 Å². The highest BCUT2D eigenvalue weighted by atomic mass is 14.8. The van der Waals surface area contributed by atoms with Crippen LogP contribution in [-0.4, -0.2) is 7.05 Å². The Balaban J connectivity index is 2.85. The van der Waals surface area contributed by atoms with Gasteiger partial charge in [0.05, 0.1) is 0 Å². The lowest BCUT2D eigenvalue weighted by Gasteiger charge is -2.08. The lowest BCUT2D eigenvalue weighted by molar-refractivity contribution is 0.646. The van der Waals surface area contributed by atoms with Gasteiger partial charge in [0.15, 0.2) is 0 Å². The maximum Gasteiger partial charge on any atom is 0.00277 e. The summed E-state index contributed by atoms with van der Waals surface area (Å²) in [6.45, 7) is 4.50. The topological polar surface area (TPSA) is 12.0 Å². The first-order valence-corrected chi connectivity index (χ1v) is 5.15. The van der Waals surface area contributed by atoms with E-state index in [4.69, 9.17) is 0 Å². The Hall–Kier alpha value is -1.24. The number of hydrogen-bond acceptors (Lipinski definition) is 1. The van der Waals surface area contributed by atoms with Crippen LogP contribution in [0.15, 0.2) is 30.5 Å². The molecule has 0 radical (unpaired) electrons. The second-order valence-corrected chi connectivity index (χ2v) is 3.92. The number of rotatable bonds is 4. The average molecular weight is 189 g/mol. The van der Waals surface area contributed by atoms with Crippen LogP contribution in [0.25, 0.3) is 6.08 Å². The van der Waals surface area contributed by atoms with Gasteiger partial charge >= 0.3 is 0 Å². The Bertz CT molecular complexity index is 300. The van der Waals surface area contributed by atoms with Crippen LogP contribution in [0.4, 0.5) is 0 Å². The summed E-state index contributed by atoms with van der Waals surface area (Å²) >= 11 is 0. The number of hydrogen-bond donors (Lipinski definition) is 1. The van der Waals surface area contributed by atoms with E-state index in [-0.39, 0.29) is 0 Å². The smallest absolute Gasteiger partial charge is 0.00277 e. The maximum absolute atomic E-state index is 3.02. The van der Waals surface area contributed by atoms with Crippen LogP contribution in [0.3, 0.4) is 0 Å². The standard InChI is InChI=1S/C13H19N/c1-11(2)10-13-7-5-4-6-12(13)8-9-14-3/h4-9,11,14H,10H2,1-3H3/b9-8-. The molecule has 0 saturated carbocycles. The van der Waals surface area contributed by atoms with Gasteiger partial charge < -0.3 is 5.32 Å². The molecule has 1 N–H and O–H groups in total. The van der Waals surface area contributed by atoms with E-state index in [1.807, 2.05) is 13.2 Å². The third-order valence-electron chi connectivity index (χ3n) is 2.11. The Morgan fingerprint density at radius 3 is 2.64 bits per heavy atom. The molecule has 14 heavy (non-hydrogen) atoms. The van der Waals surface area contributed by atoms with E-state index < -0.39 is 0 Å². The first kappa shape index (κ1) is 10.8. The van der Waals surface area contributed by atoms with Crippen molar-refractivity contribution >= 4 is 6.08 Å². The third kappa shape index (κ3) is 3.25. The Kier molecular flexibility index (Phi) is 4.24. The summed E-state index contributed by atoms with van der Waals surface area (Å²) in [7, 11) is 1.92. The normalized spacial score (nSPS) is 11.1. The zero-order valence-electron chi connectivity index (χ0n) is 9.25. The molecule has 0 aliphatic rings. The molecular formula is C13H19N. The largest absolute Gasteiger partial charge is 0.394 e. The Labute approximate surface area is 86.8 Å². The van der Waals surface area contributed by atoms with E-state index in [1.165, 1.54) is 11.1 Å². The molecule has 0 amide bonds. The van der Waals surface area contributed by atoms with Gasteiger partial charge in [-0.15, -0.1) is 0 Å². The molecule has 0 atom stereocenters. The highest BCUT2D eigenvalue weighted by molar-refractivity contribution is 5.53. The summed E-state index contributed by atoms with van der Waals surface area (Å²) in [5.74, 6) is 0.708. The zero-order chi connectivity index (χ0) is 10.4. The first-order chi connectivity index (χ1) is 6.74. The molecule has 0 aliphatic heterocycles. The molecule has 0 aromatic heterocycles. The van der Waals surface area contributed by atoms with Gasteiger partial charge in [0.1, 0.15) is 0 Å². The van der Waals surface area contributed by atoms with Crippen molar-refractivity contribution in [2.75, 3.05) is 7.05 Å². The highest BCUT2D eigenvalue weighted by Gasteiger charge is 2.00. The summed E-state index contributed by atoms with van der Waals surface area (Å²) < 4.78 is 0. The summed E-state index contributed by atoms with van der Waals surface area (Å²) in [5, 5.41) is 3.02. The second-order valence-electron chi connectivity index (χ2n) is 3.92. The molecular weight excluding hydrogens is 170 g/mol. The number of benzene rings is 1. The summed E-state index contributed by atoms with van der Waals surface area (Å²) in [6, 6.07) is 8.55. The predicted octanol–water partition coefficient (Wildman–Crippen LogP) is 3.08. The van der Waals surface area contributed by atoms with Gasteiger partial charge in [0.25, 0.3) is 0 Å². The minimum absolute atomic E-state index is 0.708. The predicted molar refractivity (Wildman–Crippen MR) is 63.1 cm³/mol. The molecule has 0 aliphatic carbocycles. The molecule has 0 spiro atoms. The van der Waals surface area contributed by atoms with E-state index in [2.05, 4.69) is 49.5 Å². The minimum Gasteiger partial charge on any atom is -0.394 e. The summed E-state index contributed by atoms with van der Waals surface area (Å²) in [4.78, 5) is 0. The van der Waals surface area contributed by atoms with Crippen LogP contribution < -0.4 is 5.32 Å². The van der Waals surface area contributed by atoms with E-state index in [0.29, 0.717) is 5.92 Å². The van der Waals surface area contributed by atoms with E-state index in [9.17, 15) is 0 Å².